The number of halogens is 1. The van der Waals surface area contributed by atoms with E-state index in [-0.39, 0.29) is 18.2 Å². The van der Waals surface area contributed by atoms with Crippen molar-refractivity contribution in [2.75, 3.05) is 26.3 Å². The molecule has 2 aromatic carbocycles. The number of ether oxygens (including phenoxy) is 1. The molecule has 0 spiro atoms. The van der Waals surface area contributed by atoms with Crippen LogP contribution in [0.1, 0.15) is 36.6 Å². The number of rotatable bonds is 4. The molecular weight excluding hydrogens is 459 g/mol. The van der Waals surface area contributed by atoms with Gasteiger partial charge in [0.15, 0.2) is 5.67 Å². The minimum Gasteiger partial charge on any atom is -0.389 e. The summed E-state index contributed by atoms with van der Waals surface area (Å²) < 4.78 is 22.5. The normalized spacial score (nSPS) is 22.7. The predicted molar refractivity (Wildman–Crippen MR) is 136 cm³/mol. The molecule has 2 fully saturated rings. The van der Waals surface area contributed by atoms with Crippen molar-refractivity contribution in [3.63, 3.8) is 0 Å². The van der Waals surface area contributed by atoms with E-state index in [1.807, 2.05) is 30.3 Å². The lowest BCUT2D eigenvalue weighted by molar-refractivity contribution is -0.0395. The number of fused-ring (bicyclic) bond motifs is 3. The molecule has 2 aromatic heterocycles. The maximum Gasteiger partial charge on any atom is 0.261 e. The Morgan fingerprint density at radius 3 is 2.58 bits per heavy atom. The summed E-state index contributed by atoms with van der Waals surface area (Å²) in [4.78, 5) is 24.8. The number of piperidine rings is 1. The average molecular weight is 489 g/mol. The molecule has 2 aliphatic rings. The van der Waals surface area contributed by atoms with E-state index in [1.54, 1.807) is 29.2 Å². The van der Waals surface area contributed by atoms with Gasteiger partial charge in [-0.1, -0.05) is 30.3 Å². The van der Waals surface area contributed by atoms with Crippen LogP contribution in [0, 0.1) is 0 Å². The molecule has 36 heavy (non-hydrogen) atoms. The van der Waals surface area contributed by atoms with E-state index in [0.29, 0.717) is 62.1 Å². The van der Waals surface area contributed by atoms with Crippen molar-refractivity contribution in [1.29, 1.82) is 0 Å². The molecule has 0 unspecified atom stereocenters. The fraction of sp³-hybridized carbons (Fsp3) is 0.393. The monoisotopic (exact) mass is 488 g/mol. The van der Waals surface area contributed by atoms with Gasteiger partial charge in [0.2, 0.25) is 0 Å². The SMILES string of the molecule is O=c1c2cc(CN3CCC(F)(c4ccccn4)CC3)c3ccccc3c2ncn1[C@H]1CCOC[C@@H]1O. The Hall–Kier alpha value is -3.20. The van der Waals surface area contributed by atoms with Crippen molar-refractivity contribution >= 4 is 21.7 Å². The Morgan fingerprint density at radius 2 is 1.83 bits per heavy atom. The van der Waals surface area contributed by atoms with Gasteiger partial charge in [-0.05, 0) is 48.4 Å². The van der Waals surface area contributed by atoms with E-state index in [4.69, 9.17) is 4.74 Å². The Labute approximate surface area is 208 Å². The van der Waals surface area contributed by atoms with Crippen molar-refractivity contribution in [1.82, 2.24) is 19.4 Å². The molecular formula is C28H29FN4O3. The lowest BCUT2D eigenvalue weighted by Crippen LogP contribution is -2.40. The second-order valence-electron chi connectivity index (χ2n) is 9.89. The van der Waals surface area contributed by atoms with E-state index in [2.05, 4.69) is 20.9 Å². The van der Waals surface area contributed by atoms with Gasteiger partial charge in [-0.2, -0.15) is 0 Å². The van der Waals surface area contributed by atoms with E-state index in [0.717, 1.165) is 16.3 Å². The number of hydrogen-bond acceptors (Lipinski definition) is 6. The lowest BCUT2D eigenvalue weighted by atomic mass is 9.89. The van der Waals surface area contributed by atoms with Crippen LogP contribution in [0.3, 0.4) is 0 Å². The molecule has 0 radical (unpaired) electrons. The van der Waals surface area contributed by atoms with E-state index >= 15 is 4.39 Å². The quantitative estimate of drug-likeness (QED) is 0.441. The minimum absolute atomic E-state index is 0.158. The Balaban J connectivity index is 1.34. The van der Waals surface area contributed by atoms with E-state index < -0.39 is 11.8 Å². The topological polar surface area (TPSA) is 80.5 Å². The molecule has 186 valence electrons. The number of pyridine rings is 1. The highest BCUT2D eigenvalue weighted by molar-refractivity contribution is 6.06. The molecule has 8 heteroatoms. The largest absolute Gasteiger partial charge is 0.389 e. The fourth-order valence-electron chi connectivity index (χ4n) is 5.64. The van der Waals surface area contributed by atoms with Crippen LogP contribution in [0.2, 0.25) is 0 Å². The minimum atomic E-state index is -1.41. The summed E-state index contributed by atoms with van der Waals surface area (Å²) in [5.74, 6) is 0. The van der Waals surface area contributed by atoms with Crippen molar-refractivity contribution in [3.05, 3.63) is 82.7 Å². The van der Waals surface area contributed by atoms with Crippen LogP contribution >= 0.6 is 0 Å². The molecule has 0 aliphatic carbocycles. The van der Waals surface area contributed by atoms with Crippen molar-refractivity contribution in [2.24, 2.45) is 0 Å². The number of likely N-dealkylation sites (tertiary alicyclic amines) is 1. The van der Waals surface area contributed by atoms with Gasteiger partial charge < -0.3 is 9.84 Å². The van der Waals surface area contributed by atoms with Gasteiger partial charge in [-0.3, -0.25) is 19.2 Å². The van der Waals surface area contributed by atoms with Crippen molar-refractivity contribution < 1.29 is 14.2 Å². The summed E-state index contributed by atoms with van der Waals surface area (Å²) in [7, 11) is 0. The molecule has 4 aromatic rings. The fourth-order valence-corrected chi connectivity index (χ4v) is 5.64. The van der Waals surface area contributed by atoms with Crippen LogP contribution < -0.4 is 5.56 Å². The van der Waals surface area contributed by atoms with Gasteiger partial charge in [0, 0.05) is 37.8 Å². The summed E-state index contributed by atoms with van der Waals surface area (Å²) in [6, 6.07) is 15.0. The molecule has 7 nitrogen and oxygen atoms in total. The van der Waals surface area contributed by atoms with E-state index in [1.165, 1.54) is 0 Å². The zero-order valence-corrected chi connectivity index (χ0v) is 20.0. The number of aromatic nitrogens is 3. The number of alkyl halides is 1. The Morgan fingerprint density at radius 1 is 1.06 bits per heavy atom. The van der Waals surface area contributed by atoms with Crippen LogP contribution in [-0.4, -0.2) is 56.9 Å². The third-order valence-electron chi connectivity index (χ3n) is 7.69. The first-order chi connectivity index (χ1) is 17.5. The molecule has 0 amide bonds. The number of benzene rings is 2. The second-order valence-corrected chi connectivity index (χ2v) is 9.89. The zero-order valence-electron chi connectivity index (χ0n) is 20.0. The summed E-state index contributed by atoms with van der Waals surface area (Å²) in [6.07, 6.45) is 3.77. The van der Waals surface area contributed by atoms with Gasteiger partial charge in [0.05, 0.1) is 41.7 Å². The molecule has 0 saturated carbocycles. The molecule has 4 heterocycles. The molecule has 0 bridgehead atoms. The summed E-state index contributed by atoms with van der Waals surface area (Å²) >= 11 is 0. The summed E-state index contributed by atoms with van der Waals surface area (Å²) in [6.45, 7) is 2.53. The highest BCUT2D eigenvalue weighted by Crippen LogP contribution is 2.37. The molecule has 2 aliphatic heterocycles. The number of nitrogens with zero attached hydrogens (tertiary/aromatic N) is 4. The molecule has 1 N–H and O–H groups in total. The van der Waals surface area contributed by atoms with Crippen LogP contribution in [0.5, 0.6) is 0 Å². The highest BCUT2D eigenvalue weighted by Gasteiger charge is 2.37. The first kappa shape index (κ1) is 23.2. The first-order valence-corrected chi connectivity index (χ1v) is 12.5. The maximum absolute atomic E-state index is 15.6. The smallest absolute Gasteiger partial charge is 0.261 e. The second kappa shape index (κ2) is 9.35. The van der Waals surface area contributed by atoms with Crippen LogP contribution in [0.25, 0.3) is 21.7 Å². The van der Waals surface area contributed by atoms with Gasteiger partial charge in [0.25, 0.3) is 5.56 Å². The van der Waals surface area contributed by atoms with Gasteiger partial charge in [0.1, 0.15) is 0 Å². The third-order valence-corrected chi connectivity index (χ3v) is 7.69. The van der Waals surface area contributed by atoms with Crippen LogP contribution in [0.4, 0.5) is 4.39 Å². The molecule has 2 saturated heterocycles. The summed E-state index contributed by atoms with van der Waals surface area (Å²) in [5, 5.41) is 12.9. The van der Waals surface area contributed by atoms with Gasteiger partial charge in [-0.15, -0.1) is 0 Å². The third kappa shape index (κ3) is 4.09. The number of aliphatic hydroxyl groups excluding tert-OH is 1. The van der Waals surface area contributed by atoms with Crippen LogP contribution in [-0.2, 0) is 17.0 Å². The Bertz CT molecular complexity index is 1450. The zero-order chi connectivity index (χ0) is 24.7. The van der Waals surface area contributed by atoms with Crippen molar-refractivity contribution in [3.8, 4) is 0 Å². The predicted octanol–water partition coefficient (Wildman–Crippen LogP) is 3.73. The Kier molecular flexibility index (Phi) is 6.03. The molecule has 2 atom stereocenters. The van der Waals surface area contributed by atoms with Crippen LogP contribution in [0.15, 0.2) is 65.8 Å². The van der Waals surface area contributed by atoms with Gasteiger partial charge in [-0.25, -0.2) is 9.37 Å². The van der Waals surface area contributed by atoms with E-state index in [9.17, 15) is 9.90 Å². The standard InChI is InChI=1S/C28H29FN4O3/c29-28(25-7-3-4-11-30-25)9-12-32(13-10-28)16-19-15-22-26(21-6-2-1-5-20(19)21)31-18-33(27(22)35)23-8-14-36-17-24(23)34/h1-7,11,15,18,23-24,34H,8-10,12-14,16-17H2/t23-,24-/m0/s1. The maximum atomic E-state index is 15.6. The molecule has 6 rings (SSSR count). The number of hydrogen-bond donors (Lipinski definition) is 1. The lowest BCUT2D eigenvalue weighted by Gasteiger charge is -2.36. The highest BCUT2D eigenvalue weighted by atomic mass is 19.1. The number of aliphatic hydroxyl groups is 1. The van der Waals surface area contributed by atoms with Gasteiger partial charge >= 0.3 is 0 Å². The first-order valence-electron chi connectivity index (χ1n) is 12.5. The average Bonchev–Trinajstić information content (AvgIpc) is 2.92. The van der Waals surface area contributed by atoms with Crippen molar-refractivity contribution in [2.45, 2.75) is 43.6 Å². The summed E-state index contributed by atoms with van der Waals surface area (Å²) in [5.41, 5.74) is 0.614.